The molecule has 0 bridgehead atoms. The molecule has 2 aliphatic rings. The van der Waals surface area contributed by atoms with Gasteiger partial charge in [0.25, 0.3) is 0 Å². The molecule has 1 saturated carbocycles. The molecule has 4 rings (SSSR count). The largest absolute Gasteiger partial charge is 0.504 e. The van der Waals surface area contributed by atoms with Crippen molar-refractivity contribution in [1.29, 1.82) is 0 Å². The zero-order chi connectivity index (χ0) is 19.0. The first-order chi connectivity index (χ1) is 13.0. The van der Waals surface area contributed by atoms with Gasteiger partial charge in [0.1, 0.15) is 11.8 Å². The van der Waals surface area contributed by atoms with E-state index in [0.717, 1.165) is 41.1 Å². The Morgan fingerprint density at radius 2 is 1.89 bits per heavy atom. The van der Waals surface area contributed by atoms with E-state index in [1.165, 1.54) is 30.5 Å². The fraction of sp³-hybridized carbons (Fsp3) is 0.478. The number of hydrogen-bond acceptors (Lipinski definition) is 3. The molecule has 1 aliphatic heterocycles. The molecule has 2 atom stereocenters. The molecular weight excluding hydrogens is 338 g/mol. The van der Waals surface area contributed by atoms with E-state index in [9.17, 15) is 5.11 Å². The topological polar surface area (TPSA) is 38.7 Å². The van der Waals surface area contributed by atoms with E-state index < -0.39 is 0 Å². The third-order valence-corrected chi connectivity index (χ3v) is 6.40. The molecule has 0 spiro atoms. The highest BCUT2D eigenvalue weighted by molar-refractivity contribution is 5.43. The molecule has 2 aromatic rings. The van der Waals surface area contributed by atoms with Gasteiger partial charge in [-0.2, -0.15) is 0 Å². The maximum absolute atomic E-state index is 10.2. The first-order valence-corrected chi connectivity index (χ1v) is 9.89. The fourth-order valence-corrected chi connectivity index (χ4v) is 4.64. The minimum absolute atomic E-state index is 0.220. The molecule has 1 aliphatic carbocycles. The Hall–Kier alpha value is -2.20. The summed E-state index contributed by atoms with van der Waals surface area (Å²) in [6, 6.07) is 12.8. The summed E-state index contributed by atoms with van der Waals surface area (Å²) in [5, 5.41) is 10.2. The number of quaternary nitrogens is 1. The van der Waals surface area contributed by atoms with Crippen molar-refractivity contribution in [3.63, 3.8) is 0 Å². The van der Waals surface area contributed by atoms with Gasteiger partial charge in [0.2, 0.25) is 0 Å². The predicted molar refractivity (Wildman–Crippen MR) is 106 cm³/mol. The fourth-order valence-electron chi connectivity index (χ4n) is 4.64. The Balaban J connectivity index is 1.69. The molecular formula is C23H30NO3+. The Morgan fingerprint density at radius 1 is 1.07 bits per heavy atom. The molecule has 4 heteroatoms. The van der Waals surface area contributed by atoms with Crippen molar-refractivity contribution in [2.45, 2.75) is 31.7 Å². The van der Waals surface area contributed by atoms with E-state index in [1.807, 2.05) is 12.1 Å². The monoisotopic (exact) mass is 368 g/mol. The minimum Gasteiger partial charge on any atom is -0.504 e. The third-order valence-electron chi connectivity index (χ3n) is 6.40. The number of methoxy groups -OCH3 is 2. The van der Waals surface area contributed by atoms with Gasteiger partial charge in [-0.3, -0.25) is 0 Å². The van der Waals surface area contributed by atoms with E-state index in [4.69, 9.17) is 9.47 Å². The van der Waals surface area contributed by atoms with Crippen molar-refractivity contribution in [2.24, 2.45) is 5.92 Å². The molecule has 1 N–H and O–H groups in total. The second-order valence-corrected chi connectivity index (χ2v) is 8.37. The first-order valence-electron chi connectivity index (χ1n) is 9.89. The Bertz CT molecular complexity index is 830. The molecule has 0 amide bonds. The second-order valence-electron chi connectivity index (χ2n) is 8.37. The standard InChI is InChI=1S/C23H29NO3/c1-24(15-16-4-5-16)11-10-18-14-19(26-2)7-8-20(18)21(24)12-17-6-9-23(27-3)22(25)13-17/h6-9,13-14,16,21H,4-5,10-12,15H2,1-3H3/p+1/t21-,24-/m0/s1. The molecule has 27 heavy (non-hydrogen) atoms. The van der Waals surface area contributed by atoms with E-state index >= 15 is 0 Å². The van der Waals surface area contributed by atoms with Crippen LogP contribution < -0.4 is 9.47 Å². The van der Waals surface area contributed by atoms with Crippen molar-refractivity contribution >= 4 is 0 Å². The minimum atomic E-state index is 0.220. The summed E-state index contributed by atoms with van der Waals surface area (Å²) in [7, 11) is 5.73. The molecule has 1 fully saturated rings. The number of likely N-dealkylation sites (N-methyl/N-ethyl adjacent to an activating group) is 1. The van der Waals surface area contributed by atoms with Crippen LogP contribution in [0.2, 0.25) is 0 Å². The summed E-state index contributed by atoms with van der Waals surface area (Å²) < 4.78 is 11.7. The van der Waals surface area contributed by atoms with Crippen molar-refractivity contribution in [3.05, 3.63) is 53.1 Å². The number of benzene rings is 2. The number of ether oxygens (including phenoxy) is 2. The van der Waals surface area contributed by atoms with Crippen molar-refractivity contribution in [1.82, 2.24) is 0 Å². The maximum Gasteiger partial charge on any atom is 0.160 e. The summed E-state index contributed by atoms with van der Waals surface area (Å²) in [6.45, 7) is 2.40. The highest BCUT2D eigenvalue weighted by Crippen LogP contribution is 2.43. The lowest BCUT2D eigenvalue weighted by Gasteiger charge is -2.46. The lowest BCUT2D eigenvalue weighted by atomic mass is 9.86. The lowest BCUT2D eigenvalue weighted by Crippen LogP contribution is -2.53. The van der Waals surface area contributed by atoms with Crippen LogP contribution in [0, 0.1) is 5.92 Å². The number of fused-ring (bicyclic) bond motifs is 1. The zero-order valence-electron chi connectivity index (χ0n) is 16.6. The molecule has 1 heterocycles. The quantitative estimate of drug-likeness (QED) is 0.780. The summed E-state index contributed by atoms with van der Waals surface area (Å²) in [5.74, 6) is 2.56. The molecule has 0 unspecified atom stereocenters. The average Bonchev–Trinajstić information content (AvgIpc) is 3.47. The van der Waals surface area contributed by atoms with Crippen LogP contribution in [0.3, 0.4) is 0 Å². The van der Waals surface area contributed by atoms with Crippen LogP contribution in [0.5, 0.6) is 17.2 Å². The smallest absolute Gasteiger partial charge is 0.160 e. The van der Waals surface area contributed by atoms with Crippen LogP contribution in [0.1, 0.15) is 35.6 Å². The SMILES string of the molecule is COc1ccc2c(c1)CC[N@@+](C)(CC1CC1)[C@H]2Cc1ccc(OC)c(O)c1. The zero-order valence-corrected chi connectivity index (χ0v) is 16.6. The van der Waals surface area contributed by atoms with Crippen molar-refractivity contribution in [2.75, 3.05) is 34.4 Å². The molecule has 2 aromatic carbocycles. The van der Waals surface area contributed by atoms with Crippen LogP contribution in [0.15, 0.2) is 36.4 Å². The van der Waals surface area contributed by atoms with Crippen LogP contribution in [0.25, 0.3) is 0 Å². The van der Waals surface area contributed by atoms with E-state index in [-0.39, 0.29) is 5.75 Å². The van der Waals surface area contributed by atoms with Gasteiger partial charge < -0.3 is 19.1 Å². The van der Waals surface area contributed by atoms with Crippen LogP contribution in [-0.2, 0) is 12.8 Å². The van der Waals surface area contributed by atoms with Gasteiger partial charge in [-0.05, 0) is 54.3 Å². The van der Waals surface area contributed by atoms with Crippen molar-refractivity contribution in [3.8, 4) is 17.2 Å². The Morgan fingerprint density at radius 3 is 2.56 bits per heavy atom. The predicted octanol–water partition coefficient (Wildman–Crippen LogP) is 4.11. The van der Waals surface area contributed by atoms with Gasteiger partial charge in [0.05, 0.1) is 34.4 Å². The summed E-state index contributed by atoms with van der Waals surface area (Å²) in [6.07, 6.45) is 4.76. The molecule has 0 saturated heterocycles. The highest BCUT2D eigenvalue weighted by Gasteiger charge is 2.42. The first kappa shape index (κ1) is 18.2. The molecule has 144 valence electrons. The van der Waals surface area contributed by atoms with Crippen LogP contribution in [0.4, 0.5) is 0 Å². The average molecular weight is 368 g/mol. The number of rotatable bonds is 6. The number of phenols is 1. The molecule has 4 nitrogen and oxygen atoms in total. The molecule has 0 radical (unpaired) electrons. The lowest BCUT2D eigenvalue weighted by molar-refractivity contribution is -0.943. The normalized spacial score (nSPS) is 24.3. The second kappa shape index (κ2) is 7.08. The van der Waals surface area contributed by atoms with Gasteiger partial charge >= 0.3 is 0 Å². The van der Waals surface area contributed by atoms with Crippen LogP contribution >= 0.6 is 0 Å². The van der Waals surface area contributed by atoms with E-state index in [0.29, 0.717) is 11.8 Å². The number of hydrogen-bond donors (Lipinski definition) is 1. The van der Waals surface area contributed by atoms with Gasteiger partial charge in [0.15, 0.2) is 11.5 Å². The van der Waals surface area contributed by atoms with Gasteiger partial charge in [-0.25, -0.2) is 0 Å². The van der Waals surface area contributed by atoms with E-state index in [1.54, 1.807) is 14.2 Å². The van der Waals surface area contributed by atoms with Gasteiger partial charge in [0, 0.05) is 24.3 Å². The van der Waals surface area contributed by atoms with E-state index in [2.05, 4.69) is 31.3 Å². The number of nitrogens with zero attached hydrogens (tertiary/aromatic N) is 1. The van der Waals surface area contributed by atoms with Crippen LogP contribution in [-0.4, -0.2) is 43.9 Å². The van der Waals surface area contributed by atoms with Gasteiger partial charge in [-0.15, -0.1) is 0 Å². The maximum atomic E-state index is 10.2. The Labute approximate surface area is 161 Å². The summed E-state index contributed by atoms with van der Waals surface area (Å²) in [4.78, 5) is 0. The summed E-state index contributed by atoms with van der Waals surface area (Å²) in [5.41, 5.74) is 3.99. The summed E-state index contributed by atoms with van der Waals surface area (Å²) >= 11 is 0. The van der Waals surface area contributed by atoms with Crippen molar-refractivity contribution < 1.29 is 19.1 Å². The number of phenolic OH excluding ortho intramolecular Hbond substituents is 1. The molecule has 0 aromatic heterocycles. The number of aromatic hydroxyl groups is 1. The Kier molecular flexibility index (Phi) is 4.77. The highest BCUT2D eigenvalue weighted by atomic mass is 16.5. The third kappa shape index (κ3) is 3.63. The van der Waals surface area contributed by atoms with Gasteiger partial charge in [-0.1, -0.05) is 6.07 Å².